The van der Waals surface area contributed by atoms with Crippen molar-refractivity contribution in [3.63, 3.8) is 0 Å². The Labute approximate surface area is 108 Å². The van der Waals surface area contributed by atoms with Crippen molar-refractivity contribution in [2.45, 2.75) is 57.5 Å². The van der Waals surface area contributed by atoms with E-state index in [9.17, 15) is 4.79 Å². The number of rotatable bonds is 4. The molecular weight excluding hydrogens is 226 g/mol. The molecule has 0 bridgehead atoms. The van der Waals surface area contributed by atoms with E-state index in [0.717, 1.165) is 12.8 Å². The minimum atomic E-state index is -0.0657. The molecule has 1 aliphatic carbocycles. The van der Waals surface area contributed by atoms with Crippen molar-refractivity contribution in [3.8, 4) is 0 Å². The van der Waals surface area contributed by atoms with E-state index in [1.54, 1.807) is 0 Å². The summed E-state index contributed by atoms with van der Waals surface area (Å²) >= 11 is 0. The van der Waals surface area contributed by atoms with Gasteiger partial charge in [0, 0.05) is 36.3 Å². The maximum Gasteiger partial charge on any atom is 0.220 e. The fourth-order valence-electron chi connectivity index (χ4n) is 2.98. The average Bonchev–Trinajstić information content (AvgIpc) is 2.95. The summed E-state index contributed by atoms with van der Waals surface area (Å²) in [6, 6.07) is 0.656. The maximum absolute atomic E-state index is 11.6. The van der Waals surface area contributed by atoms with Crippen molar-refractivity contribution in [2.24, 2.45) is 5.92 Å². The Hall–Kier alpha value is -1.32. The Morgan fingerprint density at radius 1 is 1.56 bits per heavy atom. The van der Waals surface area contributed by atoms with Crippen molar-refractivity contribution in [2.75, 3.05) is 0 Å². The number of aromatic nitrogens is 2. The van der Waals surface area contributed by atoms with Crippen LogP contribution in [0.2, 0.25) is 0 Å². The minimum absolute atomic E-state index is 0.0657. The fraction of sp³-hybridized carbons (Fsp3) is 0.714. The van der Waals surface area contributed by atoms with Gasteiger partial charge < -0.3 is 9.88 Å². The third-order valence-electron chi connectivity index (χ3n) is 4.47. The van der Waals surface area contributed by atoms with Crippen LogP contribution < -0.4 is 5.32 Å². The second-order valence-electron chi connectivity index (χ2n) is 6.06. The lowest BCUT2D eigenvalue weighted by Gasteiger charge is -2.33. The fourth-order valence-corrected chi connectivity index (χ4v) is 2.98. The highest BCUT2D eigenvalue weighted by atomic mass is 16.2. The van der Waals surface area contributed by atoms with E-state index >= 15 is 0 Å². The highest BCUT2D eigenvalue weighted by molar-refractivity contribution is 5.79. The summed E-state index contributed by atoms with van der Waals surface area (Å²) in [5.41, 5.74) is 1.21. The number of carbonyl (C=O) groups excluding carboxylic acids is 1. The quantitative estimate of drug-likeness (QED) is 0.885. The van der Waals surface area contributed by atoms with Crippen LogP contribution in [0.25, 0.3) is 0 Å². The van der Waals surface area contributed by atoms with Gasteiger partial charge in [0.15, 0.2) is 0 Å². The van der Waals surface area contributed by atoms with Crippen LogP contribution >= 0.6 is 0 Å². The second kappa shape index (κ2) is 4.11. The van der Waals surface area contributed by atoms with Gasteiger partial charge in [-0.2, -0.15) is 0 Å². The van der Waals surface area contributed by atoms with Gasteiger partial charge in [-0.25, -0.2) is 4.98 Å². The Kier molecular flexibility index (Phi) is 2.68. The van der Waals surface area contributed by atoms with E-state index in [2.05, 4.69) is 28.7 Å². The molecule has 1 aromatic heterocycles. The van der Waals surface area contributed by atoms with Crippen LogP contribution in [0.3, 0.4) is 0 Å². The molecule has 1 saturated heterocycles. The molecule has 98 valence electrons. The van der Waals surface area contributed by atoms with Crippen LogP contribution in [0.1, 0.15) is 51.3 Å². The lowest BCUT2D eigenvalue weighted by atomic mass is 9.81. The SMILES string of the molecule is CC(C)C1(Cc2cncn2C2CC2)CCC(=O)N1. The van der Waals surface area contributed by atoms with Crippen molar-refractivity contribution >= 4 is 5.91 Å². The molecule has 3 rings (SSSR count). The predicted molar refractivity (Wildman–Crippen MR) is 69.1 cm³/mol. The molecule has 1 unspecified atom stereocenters. The topological polar surface area (TPSA) is 46.9 Å². The Bertz CT molecular complexity index is 461. The van der Waals surface area contributed by atoms with Crippen molar-refractivity contribution in [3.05, 3.63) is 18.2 Å². The second-order valence-corrected chi connectivity index (χ2v) is 6.06. The zero-order chi connectivity index (χ0) is 12.8. The maximum atomic E-state index is 11.6. The molecule has 1 saturated carbocycles. The lowest BCUT2D eigenvalue weighted by Crippen LogP contribution is -2.48. The van der Waals surface area contributed by atoms with Crippen LogP contribution in [0.5, 0.6) is 0 Å². The van der Waals surface area contributed by atoms with E-state index in [4.69, 9.17) is 0 Å². The van der Waals surface area contributed by atoms with Gasteiger partial charge in [0.2, 0.25) is 5.91 Å². The molecule has 1 N–H and O–H groups in total. The van der Waals surface area contributed by atoms with Crippen LogP contribution in [0.4, 0.5) is 0 Å². The summed E-state index contributed by atoms with van der Waals surface area (Å²) in [4.78, 5) is 15.9. The summed E-state index contributed by atoms with van der Waals surface area (Å²) in [5, 5.41) is 3.21. The number of nitrogens with one attached hydrogen (secondary N) is 1. The smallest absolute Gasteiger partial charge is 0.220 e. The van der Waals surface area contributed by atoms with Crippen molar-refractivity contribution < 1.29 is 4.79 Å². The first-order valence-electron chi connectivity index (χ1n) is 6.92. The van der Waals surface area contributed by atoms with Gasteiger partial charge in [0.05, 0.1) is 6.33 Å². The molecule has 0 spiro atoms. The average molecular weight is 247 g/mol. The molecule has 2 fully saturated rings. The highest BCUT2D eigenvalue weighted by Gasteiger charge is 2.41. The molecule has 2 aliphatic rings. The first-order valence-corrected chi connectivity index (χ1v) is 6.92. The summed E-state index contributed by atoms with van der Waals surface area (Å²) < 4.78 is 2.30. The van der Waals surface area contributed by atoms with E-state index in [-0.39, 0.29) is 11.4 Å². The van der Waals surface area contributed by atoms with Crippen molar-refractivity contribution in [1.82, 2.24) is 14.9 Å². The Morgan fingerprint density at radius 2 is 2.33 bits per heavy atom. The van der Waals surface area contributed by atoms with E-state index < -0.39 is 0 Å². The molecule has 1 atom stereocenters. The number of carbonyl (C=O) groups is 1. The van der Waals surface area contributed by atoms with Crippen LogP contribution in [-0.2, 0) is 11.2 Å². The first kappa shape index (κ1) is 11.8. The number of nitrogens with zero attached hydrogens (tertiary/aromatic N) is 2. The van der Waals surface area contributed by atoms with Gasteiger partial charge in [0.1, 0.15) is 0 Å². The summed E-state index contributed by atoms with van der Waals surface area (Å²) in [7, 11) is 0. The lowest BCUT2D eigenvalue weighted by molar-refractivity contribution is -0.120. The molecule has 1 aromatic rings. The zero-order valence-electron chi connectivity index (χ0n) is 11.1. The monoisotopic (exact) mass is 247 g/mol. The number of hydrogen-bond acceptors (Lipinski definition) is 2. The van der Waals surface area contributed by atoms with E-state index in [1.165, 1.54) is 18.5 Å². The van der Waals surface area contributed by atoms with E-state index in [1.807, 2.05) is 12.5 Å². The standard InChI is InChI=1S/C14H21N3O/c1-10(2)14(6-5-13(18)16-14)7-12-8-15-9-17(12)11-3-4-11/h8-11H,3-7H2,1-2H3,(H,16,18). The van der Waals surface area contributed by atoms with Gasteiger partial charge in [0.25, 0.3) is 0 Å². The number of hydrogen-bond donors (Lipinski definition) is 1. The molecule has 1 amide bonds. The largest absolute Gasteiger partial charge is 0.350 e. The molecule has 2 heterocycles. The van der Waals surface area contributed by atoms with Gasteiger partial charge in [-0.15, -0.1) is 0 Å². The molecular formula is C14H21N3O. The van der Waals surface area contributed by atoms with Crippen LogP contribution in [0.15, 0.2) is 12.5 Å². The predicted octanol–water partition coefficient (Wildman–Crippen LogP) is 2.07. The van der Waals surface area contributed by atoms with Gasteiger partial charge in [-0.05, 0) is 25.2 Å². The van der Waals surface area contributed by atoms with E-state index in [0.29, 0.717) is 18.4 Å². The molecule has 18 heavy (non-hydrogen) atoms. The Morgan fingerprint density at radius 3 is 2.89 bits per heavy atom. The van der Waals surface area contributed by atoms with Crippen LogP contribution in [-0.4, -0.2) is 21.0 Å². The number of imidazole rings is 1. The number of amides is 1. The Balaban J connectivity index is 1.84. The first-order chi connectivity index (χ1) is 8.61. The summed E-state index contributed by atoms with van der Waals surface area (Å²) in [6.07, 6.45) is 8.96. The molecule has 0 aromatic carbocycles. The normalized spacial score (nSPS) is 27.8. The molecule has 1 aliphatic heterocycles. The highest BCUT2D eigenvalue weighted by Crippen LogP contribution is 2.38. The molecule has 0 radical (unpaired) electrons. The zero-order valence-corrected chi connectivity index (χ0v) is 11.1. The van der Waals surface area contributed by atoms with Gasteiger partial charge >= 0.3 is 0 Å². The van der Waals surface area contributed by atoms with Crippen LogP contribution in [0, 0.1) is 5.92 Å². The summed E-state index contributed by atoms with van der Waals surface area (Å²) in [5.74, 6) is 0.646. The van der Waals surface area contributed by atoms with Gasteiger partial charge in [-0.3, -0.25) is 4.79 Å². The molecule has 4 heteroatoms. The van der Waals surface area contributed by atoms with Gasteiger partial charge in [-0.1, -0.05) is 13.8 Å². The molecule has 4 nitrogen and oxygen atoms in total. The third-order valence-corrected chi connectivity index (χ3v) is 4.47. The third kappa shape index (κ3) is 1.93. The van der Waals surface area contributed by atoms with Crippen molar-refractivity contribution in [1.29, 1.82) is 0 Å². The summed E-state index contributed by atoms with van der Waals surface area (Å²) in [6.45, 7) is 4.40. The minimum Gasteiger partial charge on any atom is -0.350 e.